The second-order valence-corrected chi connectivity index (χ2v) is 9.89. The quantitative estimate of drug-likeness (QED) is 0.193. The van der Waals surface area contributed by atoms with Crippen LogP contribution in [0.3, 0.4) is 0 Å². The molecule has 1 aliphatic carbocycles. The number of unbranched alkanes of at least 4 members (excludes halogenated alkanes) is 8. The summed E-state index contributed by atoms with van der Waals surface area (Å²) >= 11 is 0. The monoisotopic (exact) mass is 424 g/mol. The summed E-state index contributed by atoms with van der Waals surface area (Å²) in [4.78, 5) is 23.8. The Morgan fingerprint density at radius 1 is 0.767 bits per heavy atom. The molecule has 1 saturated carbocycles. The number of esters is 1. The maximum atomic E-state index is 12.7. The average molecular weight is 425 g/mol. The molecule has 0 radical (unpaired) electrons. The highest BCUT2D eigenvalue weighted by Gasteiger charge is 2.31. The van der Waals surface area contributed by atoms with Crippen molar-refractivity contribution in [2.45, 2.75) is 136 Å². The molecular formula is C26H48O4. The Hall–Kier alpha value is -1.06. The minimum atomic E-state index is -0.723. The molecule has 176 valence electrons. The van der Waals surface area contributed by atoms with Crippen molar-refractivity contribution >= 4 is 11.9 Å². The van der Waals surface area contributed by atoms with Gasteiger partial charge in [0.05, 0.1) is 11.8 Å². The molecule has 1 aliphatic rings. The fourth-order valence-electron chi connectivity index (χ4n) is 4.54. The molecule has 30 heavy (non-hydrogen) atoms. The summed E-state index contributed by atoms with van der Waals surface area (Å²) in [6.07, 6.45) is 18.5. The largest absolute Gasteiger partial charge is 0.481 e. The third kappa shape index (κ3) is 12.6. The molecule has 0 amide bonds. The number of carbonyl (C=O) groups excluding carboxylic acids is 1. The first-order valence-electron chi connectivity index (χ1n) is 12.9. The van der Waals surface area contributed by atoms with Gasteiger partial charge in [0.1, 0.15) is 6.10 Å². The Balaban J connectivity index is 2.31. The van der Waals surface area contributed by atoms with Crippen molar-refractivity contribution in [2.24, 2.45) is 17.8 Å². The van der Waals surface area contributed by atoms with Gasteiger partial charge in [0.15, 0.2) is 0 Å². The standard InChI is InChI=1S/C26H48O4/c1-4-5-6-7-8-9-10-11-12-15-24(16-13-14-21(2)3)30-26(29)23-19-17-22(18-20-23)25(27)28/h21-24H,4-20H2,1-3H3,(H,27,28). The lowest BCUT2D eigenvalue weighted by molar-refractivity contribution is -0.158. The molecule has 1 unspecified atom stereocenters. The van der Waals surface area contributed by atoms with Gasteiger partial charge in [-0.1, -0.05) is 78.6 Å². The highest BCUT2D eigenvalue weighted by atomic mass is 16.5. The number of rotatable bonds is 17. The summed E-state index contributed by atoms with van der Waals surface area (Å²) in [7, 11) is 0. The van der Waals surface area contributed by atoms with Crippen LogP contribution in [0.2, 0.25) is 0 Å². The molecule has 4 heteroatoms. The topological polar surface area (TPSA) is 63.6 Å². The predicted molar refractivity (Wildman–Crippen MR) is 123 cm³/mol. The van der Waals surface area contributed by atoms with E-state index >= 15 is 0 Å². The van der Waals surface area contributed by atoms with E-state index in [4.69, 9.17) is 9.84 Å². The first-order chi connectivity index (χ1) is 14.4. The maximum absolute atomic E-state index is 12.7. The smallest absolute Gasteiger partial charge is 0.309 e. The van der Waals surface area contributed by atoms with Crippen LogP contribution in [0, 0.1) is 17.8 Å². The lowest BCUT2D eigenvalue weighted by Crippen LogP contribution is -2.29. The van der Waals surface area contributed by atoms with E-state index in [0.29, 0.717) is 31.6 Å². The number of carboxylic acids is 1. The fourth-order valence-corrected chi connectivity index (χ4v) is 4.54. The number of hydrogen-bond acceptors (Lipinski definition) is 3. The summed E-state index contributed by atoms with van der Waals surface area (Å²) in [5.74, 6) is -0.502. The second kappa shape index (κ2) is 16.6. The summed E-state index contributed by atoms with van der Waals surface area (Å²) in [6.45, 7) is 6.73. The zero-order valence-corrected chi connectivity index (χ0v) is 20.0. The third-order valence-electron chi connectivity index (χ3n) is 6.63. The molecular weight excluding hydrogens is 376 g/mol. The van der Waals surface area contributed by atoms with Crippen LogP contribution in [-0.4, -0.2) is 23.1 Å². The van der Waals surface area contributed by atoms with Gasteiger partial charge in [-0.15, -0.1) is 0 Å². The summed E-state index contributed by atoms with van der Waals surface area (Å²) in [5, 5.41) is 9.15. The molecule has 1 fully saturated rings. The van der Waals surface area contributed by atoms with Crippen LogP contribution in [0.4, 0.5) is 0 Å². The van der Waals surface area contributed by atoms with E-state index < -0.39 is 5.97 Å². The van der Waals surface area contributed by atoms with Crippen molar-refractivity contribution in [3.63, 3.8) is 0 Å². The van der Waals surface area contributed by atoms with Crippen LogP contribution >= 0.6 is 0 Å². The maximum Gasteiger partial charge on any atom is 0.309 e. The number of ether oxygens (including phenoxy) is 1. The van der Waals surface area contributed by atoms with Gasteiger partial charge < -0.3 is 9.84 Å². The molecule has 0 bridgehead atoms. The van der Waals surface area contributed by atoms with Crippen LogP contribution in [0.15, 0.2) is 0 Å². The van der Waals surface area contributed by atoms with Crippen LogP contribution in [0.25, 0.3) is 0 Å². The fraction of sp³-hybridized carbons (Fsp3) is 0.923. The number of aliphatic carboxylic acids is 1. The first-order valence-corrected chi connectivity index (χ1v) is 12.9. The zero-order valence-electron chi connectivity index (χ0n) is 20.0. The molecule has 0 aromatic heterocycles. The minimum absolute atomic E-state index is 0.0398. The lowest BCUT2D eigenvalue weighted by atomic mass is 9.82. The van der Waals surface area contributed by atoms with Crippen molar-refractivity contribution in [1.29, 1.82) is 0 Å². The lowest BCUT2D eigenvalue weighted by Gasteiger charge is -2.27. The summed E-state index contributed by atoms with van der Waals surface area (Å²) in [5.41, 5.74) is 0. The Labute approximate surface area is 185 Å². The van der Waals surface area contributed by atoms with Crippen molar-refractivity contribution in [2.75, 3.05) is 0 Å². The van der Waals surface area contributed by atoms with Crippen molar-refractivity contribution < 1.29 is 19.4 Å². The van der Waals surface area contributed by atoms with Gasteiger partial charge in [-0.3, -0.25) is 9.59 Å². The third-order valence-corrected chi connectivity index (χ3v) is 6.63. The van der Waals surface area contributed by atoms with Gasteiger partial charge in [0.25, 0.3) is 0 Å². The van der Waals surface area contributed by atoms with Crippen LogP contribution in [-0.2, 0) is 14.3 Å². The van der Waals surface area contributed by atoms with E-state index in [1.807, 2.05) is 0 Å². The summed E-state index contributed by atoms with van der Waals surface area (Å²) in [6, 6.07) is 0. The zero-order chi connectivity index (χ0) is 22.2. The SMILES string of the molecule is CCCCCCCCCCCC(CCCC(C)C)OC(=O)C1CCC(C(=O)O)CC1. The van der Waals surface area contributed by atoms with Crippen molar-refractivity contribution in [1.82, 2.24) is 0 Å². The van der Waals surface area contributed by atoms with Crippen LogP contribution in [0.1, 0.15) is 130 Å². The number of carbonyl (C=O) groups is 2. The second-order valence-electron chi connectivity index (χ2n) is 9.89. The molecule has 0 aromatic carbocycles. The molecule has 4 nitrogen and oxygen atoms in total. The molecule has 0 aliphatic heterocycles. The Morgan fingerprint density at radius 3 is 1.80 bits per heavy atom. The highest BCUT2D eigenvalue weighted by molar-refractivity contribution is 5.74. The van der Waals surface area contributed by atoms with E-state index in [9.17, 15) is 9.59 Å². The molecule has 0 spiro atoms. The number of carboxylic acid groups (broad SMARTS) is 1. The first kappa shape index (κ1) is 27.0. The number of hydrogen-bond donors (Lipinski definition) is 1. The van der Waals surface area contributed by atoms with Gasteiger partial charge in [-0.05, 0) is 57.3 Å². The molecule has 0 saturated heterocycles. The Morgan fingerprint density at radius 2 is 1.27 bits per heavy atom. The Kier molecular flexibility index (Phi) is 14.9. The van der Waals surface area contributed by atoms with Crippen molar-refractivity contribution in [3.05, 3.63) is 0 Å². The molecule has 1 rings (SSSR count). The van der Waals surface area contributed by atoms with E-state index in [0.717, 1.165) is 25.7 Å². The van der Waals surface area contributed by atoms with E-state index in [2.05, 4.69) is 20.8 Å². The van der Waals surface area contributed by atoms with Gasteiger partial charge in [-0.2, -0.15) is 0 Å². The molecule has 0 aromatic rings. The molecule has 0 heterocycles. The van der Waals surface area contributed by atoms with E-state index in [-0.39, 0.29) is 23.9 Å². The van der Waals surface area contributed by atoms with Gasteiger partial charge in [0, 0.05) is 0 Å². The molecule has 1 N–H and O–H groups in total. The van der Waals surface area contributed by atoms with Crippen LogP contribution in [0.5, 0.6) is 0 Å². The van der Waals surface area contributed by atoms with Crippen molar-refractivity contribution in [3.8, 4) is 0 Å². The average Bonchev–Trinajstić information content (AvgIpc) is 2.72. The Bertz CT molecular complexity index is 452. The minimum Gasteiger partial charge on any atom is -0.481 e. The molecule has 1 atom stereocenters. The summed E-state index contributed by atoms with van der Waals surface area (Å²) < 4.78 is 5.95. The van der Waals surface area contributed by atoms with E-state index in [1.165, 1.54) is 57.8 Å². The van der Waals surface area contributed by atoms with Gasteiger partial charge >= 0.3 is 11.9 Å². The van der Waals surface area contributed by atoms with Gasteiger partial charge in [0.2, 0.25) is 0 Å². The predicted octanol–water partition coefficient (Wildman–Crippen LogP) is 7.54. The van der Waals surface area contributed by atoms with Gasteiger partial charge in [-0.25, -0.2) is 0 Å². The normalized spacial score (nSPS) is 20.3. The van der Waals surface area contributed by atoms with E-state index in [1.54, 1.807) is 0 Å². The highest BCUT2D eigenvalue weighted by Crippen LogP contribution is 2.30. The van der Waals surface area contributed by atoms with Crippen LogP contribution < -0.4 is 0 Å².